The molecular weight excluding hydrogens is 443 g/mol. The lowest BCUT2D eigenvalue weighted by atomic mass is 10.2. The maximum atomic E-state index is 5.47. The number of guanidine groups is 1. The average Bonchev–Trinajstić information content (AvgIpc) is 2.62. The van der Waals surface area contributed by atoms with Gasteiger partial charge in [-0.05, 0) is 31.2 Å². The zero-order valence-corrected chi connectivity index (χ0v) is 18.3. The minimum Gasteiger partial charge on any atom is -0.497 e. The first-order valence-corrected chi connectivity index (χ1v) is 8.12. The number of aryl methyl sites for hydroxylation is 1. The second-order valence-corrected chi connectivity index (χ2v) is 5.70. The molecule has 142 valence electrons. The fourth-order valence-electron chi connectivity index (χ4n) is 2.57. The number of hydrogen-bond acceptors (Lipinski definition) is 4. The largest absolute Gasteiger partial charge is 0.497 e. The van der Waals surface area contributed by atoms with E-state index in [1.54, 1.807) is 21.3 Å². The van der Waals surface area contributed by atoms with Gasteiger partial charge >= 0.3 is 0 Å². The number of halogens is 1. The van der Waals surface area contributed by atoms with Crippen LogP contribution in [-0.2, 0) is 13.1 Å². The van der Waals surface area contributed by atoms with Crippen molar-refractivity contribution in [1.29, 1.82) is 0 Å². The Balaban J connectivity index is 0.00000338. The van der Waals surface area contributed by atoms with Crippen LogP contribution in [0.4, 0.5) is 0 Å². The maximum absolute atomic E-state index is 5.47. The molecule has 0 saturated heterocycles. The van der Waals surface area contributed by atoms with Crippen molar-refractivity contribution in [3.05, 3.63) is 53.3 Å². The van der Waals surface area contributed by atoms with Gasteiger partial charge in [-0.2, -0.15) is 0 Å². The van der Waals surface area contributed by atoms with Crippen molar-refractivity contribution in [1.82, 2.24) is 15.2 Å². The molecule has 0 aliphatic heterocycles. The smallest absolute Gasteiger partial charge is 0.194 e. The molecule has 1 aromatic carbocycles. The molecule has 0 aliphatic rings. The molecule has 1 heterocycles. The van der Waals surface area contributed by atoms with Crippen LogP contribution in [0.5, 0.6) is 11.5 Å². The van der Waals surface area contributed by atoms with E-state index in [1.807, 2.05) is 55.3 Å². The summed E-state index contributed by atoms with van der Waals surface area (Å²) >= 11 is 0. The van der Waals surface area contributed by atoms with Crippen molar-refractivity contribution >= 4 is 29.9 Å². The lowest BCUT2D eigenvalue weighted by Gasteiger charge is -2.23. The summed E-state index contributed by atoms with van der Waals surface area (Å²) in [6.07, 6.45) is 0. The van der Waals surface area contributed by atoms with Gasteiger partial charge in [-0.15, -0.1) is 24.0 Å². The molecule has 0 bridgehead atoms. The van der Waals surface area contributed by atoms with Gasteiger partial charge in [-0.25, -0.2) is 0 Å². The van der Waals surface area contributed by atoms with Crippen LogP contribution in [-0.4, -0.2) is 44.2 Å². The van der Waals surface area contributed by atoms with Gasteiger partial charge < -0.3 is 19.7 Å². The normalized spacial score (nSPS) is 10.7. The van der Waals surface area contributed by atoms with Gasteiger partial charge in [0.2, 0.25) is 0 Å². The van der Waals surface area contributed by atoms with Gasteiger partial charge in [0.05, 0.1) is 26.5 Å². The minimum absolute atomic E-state index is 0. The molecule has 0 atom stereocenters. The fraction of sp³-hybridized carbons (Fsp3) is 0.368. The number of benzene rings is 1. The second-order valence-electron chi connectivity index (χ2n) is 5.70. The fourth-order valence-corrected chi connectivity index (χ4v) is 2.57. The molecule has 6 nitrogen and oxygen atoms in total. The van der Waals surface area contributed by atoms with Crippen molar-refractivity contribution in [3.8, 4) is 11.5 Å². The number of aromatic nitrogens is 1. The van der Waals surface area contributed by atoms with Gasteiger partial charge in [0.25, 0.3) is 0 Å². The molecule has 0 radical (unpaired) electrons. The summed E-state index contributed by atoms with van der Waals surface area (Å²) in [5, 5.41) is 3.34. The minimum atomic E-state index is 0. The van der Waals surface area contributed by atoms with E-state index in [1.165, 1.54) is 0 Å². The van der Waals surface area contributed by atoms with Crippen LogP contribution < -0.4 is 14.8 Å². The summed E-state index contributed by atoms with van der Waals surface area (Å²) in [7, 11) is 7.07. The Morgan fingerprint density at radius 3 is 2.58 bits per heavy atom. The van der Waals surface area contributed by atoms with Crippen LogP contribution >= 0.6 is 24.0 Å². The third-order valence-electron chi connectivity index (χ3n) is 3.85. The maximum Gasteiger partial charge on any atom is 0.194 e. The first-order chi connectivity index (χ1) is 12.1. The SMILES string of the molecule is CN=C(NCc1cccc(C)n1)N(C)Cc1ccc(OC)cc1OC.I. The summed E-state index contributed by atoms with van der Waals surface area (Å²) in [4.78, 5) is 10.9. The third-order valence-corrected chi connectivity index (χ3v) is 3.85. The summed E-state index contributed by atoms with van der Waals surface area (Å²) in [6, 6.07) is 11.8. The second kappa shape index (κ2) is 10.8. The van der Waals surface area contributed by atoms with Gasteiger partial charge in [-0.3, -0.25) is 9.98 Å². The predicted octanol–water partition coefficient (Wildman–Crippen LogP) is 3.23. The first-order valence-electron chi connectivity index (χ1n) is 8.12. The average molecular weight is 470 g/mol. The standard InChI is InChI=1S/C19H26N4O2.HI/c1-14-7-6-8-16(22-14)12-21-19(20-2)23(3)13-15-9-10-17(24-4)11-18(15)25-5;/h6-11H,12-13H2,1-5H3,(H,20,21);1H. The zero-order chi connectivity index (χ0) is 18.2. The topological polar surface area (TPSA) is 59.0 Å². The van der Waals surface area contributed by atoms with E-state index >= 15 is 0 Å². The summed E-state index contributed by atoms with van der Waals surface area (Å²) in [6.45, 7) is 3.27. The lowest BCUT2D eigenvalue weighted by molar-refractivity contribution is 0.382. The first kappa shape index (κ1) is 22.0. The monoisotopic (exact) mass is 470 g/mol. The van der Waals surface area contributed by atoms with Crippen molar-refractivity contribution in [2.75, 3.05) is 28.3 Å². The molecule has 2 aromatic rings. The molecule has 7 heteroatoms. The highest BCUT2D eigenvalue weighted by Crippen LogP contribution is 2.25. The van der Waals surface area contributed by atoms with Crippen molar-refractivity contribution < 1.29 is 9.47 Å². The quantitative estimate of drug-likeness (QED) is 0.399. The molecule has 0 saturated carbocycles. The Labute approximate surface area is 172 Å². The predicted molar refractivity (Wildman–Crippen MR) is 116 cm³/mol. The van der Waals surface area contributed by atoms with Crippen LogP contribution in [0.25, 0.3) is 0 Å². The van der Waals surface area contributed by atoms with Crippen molar-refractivity contribution in [3.63, 3.8) is 0 Å². The molecule has 26 heavy (non-hydrogen) atoms. The number of nitrogens with zero attached hydrogens (tertiary/aromatic N) is 3. The molecule has 0 amide bonds. The Kier molecular flexibility index (Phi) is 9.18. The molecule has 0 unspecified atom stereocenters. The van der Waals surface area contributed by atoms with E-state index in [-0.39, 0.29) is 24.0 Å². The Hall–Kier alpha value is -2.03. The molecule has 1 aromatic heterocycles. The molecule has 1 N–H and O–H groups in total. The summed E-state index contributed by atoms with van der Waals surface area (Å²) in [5.74, 6) is 2.36. The van der Waals surface area contributed by atoms with Gasteiger partial charge in [0.1, 0.15) is 11.5 Å². The van der Waals surface area contributed by atoms with Gasteiger partial charge in [0, 0.05) is 38.0 Å². The van der Waals surface area contributed by atoms with Gasteiger partial charge in [0.15, 0.2) is 5.96 Å². The Morgan fingerprint density at radius 2 is 1.96 bits per heavy atom. The van der Waals surface area contributed by atoms with E-state index in [0.717, 1.165) is 34.4 Å². The van der Waals surface area contributed by atoms with Crippen molar-refractivity contribution in [2.45, 2.75) is 20.0 Å². The van der Waals surface area contributed by atoms with Crippen LogP contribution in [0.1, 0.15) is 17.0 Å². The van der Waals surface area contributed by atoms with Crippen molar-refractivity contribution in [2.24, 2.45) is 4.99 Å². The number of rotatable bonds is 6. The lowest BCUT2D eigenvalue weighted by Crippen LogP contribution is -2.38. The van der Waals surface area contributed by atoms with Crippen LogP contribution in [0.15, 0.2) is 41.4 Å². The number of nitrogens with one attached hydrogen (secondary N) is 1. The van der Waals surface area contributed by atoms with E-state index in [9.17, 15) is 0 Å². The van der Waals surface area contributed by atoms with Crippen LogP contribution in [0, 0.1) is 6.92 Å². The number of aliphatic imine (C=N–C) groups is 1. The highest BCUT2D eigenvalue weighted by atomic mass is 127. The number of hydrogen-bond donors (Lipinski definition) is 1. The molecule has 2 rings (SSSR count). The van der Waals surface area contributed by atoms with E-state index in [2.05, 4.69) is 15.3 Å². The van der Waals surface area contributed by atoms with E-state index < -0.39 is 0 Å². The van der Waals surface area contributed by atoms with Crippen LogP contribution in [0.2, 0.25) is 0 Å². The third kappa shape index (κ3) is 6.05. The van der Waals surface area contributed by atoms with E-state index in [4.69, 9.17) is 9.47 Å². The number of pyridine rings is 1. The molecule has 0 aliphatic carbocycles. The van der Waals surface area contributed by atoms with Crippen LogP contribution in [0.3, 0.4) is 0 Å². The van der Waals surface area contributed by atoms with E-state index in [0.29, 0.717) is 13.1 Å². The zero-order valence-electron chi connectivity index (χ0n) is 15.9. The Morgan fingerprint density at radius 1 is 1.19 bits per heavy atom. The van der Waals surface area contributed by atoms with Gasteiger partial charge in [-0.1, -0.05) is 6.07 Å². The molecule has 0 spiro atoms. The summed E-state index contributed by atoms with van der Waals surface area (Å²) < 4.78 is 10.7. The Bertz CT molecular complexity index is 737. The highest BCUT2D eigenvalue weighted by molar-refractivity contribution is 14.0. The highest BCUT2D eigenvalue weighted by Gasteiger charge is 2.11. The molecule has 0 fully saturated rings. The summed E-state index contributed by atoms with van der Waals surface area (Å²) in [5.41, 5.74) is 3.05. The number of methoxy groups -OCH3 is 2. The number of ether oxygens (including phenoxy) is 2. The molecular formula is C19H27IN4O2.